The summed E-state index contributed by atoms with van der Waals surface area (Å²) in [6.45, 7) is 5.84. The highest BCUT2D eigenvalue weighted by Gasteiger charge is 2.17. The first kappa shape index (κ1) is 19.9. The number of pyridine rings is 2. The van der Waals surface area contributed by atoms with E-state index in [-0.39, 0.29) is 0 Å². The fourth-order valence-corrected chi connectivity index (χ4v) is 3.61. The van der Waals surface area contributed by atoms with Crippen molar-refractivity contribution in [3.05, 3.63) is 54.0 Å². The van der Waals surface area contributed by atoms with E-state index in [2.05, 4.69) is 31.6 Å². The Hall–Kier alpha value is -2.87. The van der Waals surface area contributed by atoms with E-state index in [0.29, 0.717) is 17.8 Å². The zero-order chi connectivity index (χ0) is 20.3. The summed E-state index contributed by atoms with van der Waals surface area (Å²) >= 11 is 0. The van der Waals surface area contributed by atoms with Crippen LogP contribution in [0, 0.1) is 6.92 Å². The number of anilines is 1. The molecule has 3 aromatic rings. The van der Waals surface area contributed by atoms with Crippen LogP contribution < -0.4 is 4.72 Å². The van der Waals surface area contributed by atoms with Gasteiger partial charge in [0.15, 0.2) is 0 Å². The molecule has 3 rings (SSSR count). The van der Waals surface area contributed by atoms with Gasteiger partial charge < -0.3 is 0 Å². The van der Waals surface area contributed by atoms with Gasteiger partial charge in [0.1, 0.15) is 6.33 Å². The smallest absolute Gasteiger partial charge is 0.229 e. The molecule has 0 aromatic carbocycles. The molecule has 0 unspecified atom stereocenters. The predicted octanol–water partition coefficient (Wildman–Crippen LogP) is 3.41. The summed E-state index contributed by atoms with van der Waals surface area (Å²) in [6.07, 6.45) is 7.71. The molecule has 0 bridgehead atoms. The molecule has 146 valence electrons. The third-order valence-corrected chi connectivity index (χ3v) is 4.97. The lowest BCUT2D eigenvalue weighted by Crippen LogP contribution is -2.11. The largest absolute Gasteiger partial charge is 0.282 e. The summed E-state index contributed by atoms with van der Waals surface area (Å²) in [5, 5.41) is 0. The molecule has 0 saturated heterocycles. The van der Waals surface area contributed by atoms with E-state index < -0.39 is 10.0 Å². The molecule has 0 aliphatic heterocycles. The van der Waals surface area contributed by atoms with Crippen LogP contribution in [0.5, 0.6) is 0 Å². The molecule has 0 saturated carbocycles. The van der Waals surface area contributed by atoms with Gasteiger partial charge in [-0.3, -0.25) is 14.7 Å². The molecule has 3 heterocycles. The van der Waals surface area contributed by atoms with Crippen molar-refractivity contribution in [1.82, 2.24) is 19.9 Å². The fourth-order valence-electron chi connectivity index (χ4n) is 3.00. The maximum Gasteiger partial charge on any atom is 0.229 e. The first-order chi connectivity index (χ1) is 13.3. The van der Waals surface area contributed by atoms with E-state index in [4.69, 9.17) is 0 Å². The van der Waals surface area contributed by atoms with Crippen LogP contribution in [0.4, 0.5) is 5.69 Å². The van der Waals surface area contributed by atoms with Crippen molar-refractivity contribution in [2.75, 3.05) is 11.0 Å². The molecule has 0 fully saturated rings. The van der Waals surface area contributed by atoms with Gasteiger partial charge in [0.2, 0.25) is 10.0 Å². The van der Waals surface area contributed by atoms with Crippen molar-refractivity contribution < 1.29 is 8.42 Å². The van der Waals surface area contributed by atoms with Gasteiger partial charge in [0.05, 0.1) is 29.0 Å². The highest BCUT2D eigenvalue weighted by molar-refractivity contribution is 7.92. The number of sulfonamides is 1. The second-order valence-corrected chi connectivity index (χ2v) is 8.27. The Kier molecular flexibility index (Phi) is 5.69. The molecule has 0 spiro atoms. The van der Waals surface area contributed by atoms with Crippen molar-refractivity contribution >= 4 is 15.7 Å². The molecule has 8 heteroatoms. The molecular formula is C20H23N5O2S. The zero-order valence-electron chi connectivity index (χ0n) is 16.4. The Bertz CT molecular complexity index is 1110. The van der Waals surface area contributed by atoms with Gasteiger partial charge >= 0.3 is 0 Å². The Balaban J connectivity index is 2.23. The van der Waals surface area contributed by atoms with Crippen molar-refractivity contribution in [1.29, 1.82) is 0 Å². The summed E-state index contributed by atoms with van der Waals surface area (Å²) in [4.78, 5) is 17.7. The van der Waals surface area contributed by atoms with Crippen LogP contribution in [0.3, 0.4) is 0 Å². The molecule has 3 aromatic heterocycles. The van der Waals surface area contributed by atoms with Gasteiger partial charge in [-0.25, -0.2) is 18.4 Å². The quantitative estimate of drug-likeness (QED) is 0.684. The number of rotatable bonds is 6. The summed E-state index contributed by atoms with van der Waals surface area (Å²) < 4.78 is 26.0. The van der Waals surface area contributed by atoms with E-state index in [9.17, 15) is 8.42 Å². The van der Waals surface area contributed by atoms with Gasteiger partial charge in [-0.1, -0.05) is 13.8 Å². The van der Waals surface area contributed by atoms with E-state index in [1.807, 2.05) is 19.1 Å². The topological polar surface area (TPSA) is 97.7 Å². The monoisotopic (exact) mass is 397 g/mol. The van der Waals surface area contributed by atoms with Gasteiger partial charge in [-0.15, -0.1) is 0 Å². The second kappa shape index (κ2) is 8.02. The lowest BCUT2D eigenvalue weighted by Gasteiger charge is -2.15. The Morgan fingerprint density at radius 3 is 2.46 bits per heavy atom. The Morgan fingerprint density at radius 1 is 1.00 bits per heavy atom. The molecule has 7 nitrogen and oxygen atoms in total. The van der Waals surface area contributed by atoms with Crippen molar-refractivity contribution in [3.63, 3.8) is 0 Å². The number of nitrogens with one attached hydrogen (secondary N) is 1. The zero-order valence-corrected chi connectivity index (χ0v) is 17.2. The van der Waals surface area contributed by atoms with Crippen molar-refractivity contribution in [2.24, 2.45) is 0 Å². The minimum Gasteiger partial charge on any atom is -0.282 e. The van der Waals surface area contributed by atoms with Gasteiger partial charge in [-0.05, 0) is 38.0 Å². The predicted molar refractivity (Wildman–Crippen MR) is 110 cm³/mol. The van der Waals surface area contributed by atoms with Crippen LogP contribution in [0.1, 0.15) is 30.9 Å². The van der Waals surface area contributed by atoms with Crippen LogP contribution in [0.25, 0.3) is 22.4 Å². The molecule has 0 aliphatic rings. The molecular weight excluding hydrogens is 374 g/mol. The van der Waals surface area contributed by atoms with Crippen LogP contribution in [-0.4, -0.2) is 34.6 Å². The molecule has 0 radical (unpaired) electrons. The number of aromatic nitrogens is 4. The molecule has 28 heavy (non-hydrogen) atoms. The summed E-state index contributed by atoms with van der Waals surface area (Å²) in [5.74, 6) is 0. The minimum atomic E-state index is -3.42. The Morgan fingerprint density at radius 2 is 1.79 bits per heavy atom. The second-order valence-electron chi connectivity index (χ2n) is 6.52. The van der Waals surface area contributed by atoms with Gasteiger partial charge in [0, 0.05) is 34.8 Å². The van der Waals surface area contributed by atoms with E-state index in [0.717, 1.165) is 46.4 Å². The average molecular weight is 398 g/mol. The van der Waals surface area contributed by atoms with Crippen LogP contribution in [0.15, 0.2) is 36.9 Å². The van der Waals surface area contributed by atoms with Crippen molar-refractivity contribution in [2.45, 2.75) is 33.6 Å². The molecule has 0 aliphatic carbocycles. The van der Waals surface area contributed by atoms with Crippen LogP contribution in [0.2, 0.25) is 0 Å². The lowest BCUT2D eigenvalue weighted by atomic mass is 9.97. The van der Waals surface area contributed by atoms with E-state index in [1.165, 1.54) is 0 Å². The minimum absolute atomic E-state index is 0.445. The number of nitrogens with zero attached hydrogens (tertiary/aromatic N) is 4. The first-order valence-electron chi connectivity index (χ1n) is 9.06. The SMILES string of the molecule is CCc1cc(-c2ncnc(CC)c2-c2cnc(C)c(NS(C)(=O)=O)c2)ccn1. The summed E-state index contributed by atoms with van der Waals surface area (Å²) in [5.41, 5.74) is 6.22. The maximum atomic E-state index is 11.7. The van der Waals surface area contributed by atoms with Gasteiger partial charge in [-0.2, -0.15) is 0 Å². The lowest BCUT2D eigenvalue weighted by molar-refractivity contribution is 0.606. The highest BCUT2D eigenvalue weighted by atomic mass is 32.2. The number of hydrogen-bond acceptors (Lipinski definition) is 6. The third-order valence-electron chi connectivity index (χ3n) is 4.38. The highest BCUT2D eigenvalue weighted by Crippen LogP contribution is 2.34. The fraction of sp³-hybridized carbons (Fsp3) is 0.300. The maximum absolute atomic E-state index is 11.7. The Labute approximate surface area is 165 Å². The average Bonchev–Trinajstić information content (AvgIpc) is 2.68. The molecule has 0 amide bonds. The van der Waals surface area contributed by atoms with Crippen LogP contribution >= 0.6 is 0 Å². The molecule has 0 atom stereocenters. The van der Waals surface area contributed by atoms with Crippen LogP contribution in [-0.2, 0) is 22.9 Å². The first-order valence-corrected chi connectivity index (χ1v) is 11.0. The summed E-state index contributed by atoms with van der Waals surface area (Å²) in [6, 6.07) is 5.72. The standard InChI is InChI=1S/C20H23N5O2S/c1-5-16-9-14(7-8-21-16)20-19(17(6-2)23-12-24-20)15-10-18(13(3)22-11-15)25-28(4,26)27/h7-12,25H,5-6H2,1-4H3. The van der Waals surface area contributed by atoms with E-state index >= 15 is 0 Å². The molecule has 1 N–H and O–H groups in total. The summed E-state index contributed by atoms with van der Waals surface area (Å²) in [7, 11) is -3.42. The van der Waals surface area contributed by atoms with E-state index in [1.54, 1.807) is 31.7 Å². The number of hydrogen-bond donors (Lipinski definition) is 1. The normalized spacial score (nSPS) is 11.4. The third kappa shape index (κ3) is 4.33. The number of aryl methyl sites for hydroxylation is 3. The van der Waals surface area contributed by atoms with Gasteiger partial charge in [0.25, 0.3) is 0 Å². The van der Waals surface area contributed by atoms with Crippen molar-refractivity contribution in [3.8, 4) is 22.4 Å².